The van der Waals surface area contributed by atoms with Crippen LogP contribution in [-0.4, -0.2) is 17.3 Å². The van der Waals surface area contributed by atoms with Crippen molar-refractivity contribution >= 4 is 29.9 Å². The summed E-state index contributed by atoms with van der Waals surface area (Å²) in [4.78, 5) is 10.0. The number of nitrogens with zero attached hydrogens (tertiary/aromatic N) is 1. The van der Waals surface area contributed by atoms with Crippen molar-refractivity contribution in [2.24, 2.45) is 0 Å². The maximum absolute atomic E-state index is 10.5. The quantitative estimate of drug-likeness (QED) is 0.357. The summed E-state index contributed by atoms with van der Waals surface area (Å²) in [6.07, 6.45) is 3.06. The van der Waals surface area contributed by atoms with E-state index in [0.29, 0.717) is 12.4 Å². The zero-order valence-corrected chi connectivity index (χ0v) is 10.9. The Bertz CT molecular complexity index is 387. The first-order chi connectivity index (χ1) is 8.15. The fraction of sp³-hybridized carbons (Fsp3) is 0.455. The highest BCUT2D eigenvalue weighted by molar-refractivity contribution is 7.80. The van der Waals surface area contributed by atoms with Crippen LogP contribution in [0.25, 0.3) is 0 Å². The first kappa shape index (κ1) is 14.1. The van der Waals surface area contributed by atoms with E-state index >= 15 is 0 Å². The van der Waals surface area contributed by atoms with Gasteiger partial charge in [-0.05, 0) is 31.1 Å². The van der Waals surface area contributed by atoms with Crippen molar-refractivity contribution < 1.29 is 9.66 Å². The van der Waals surface area contributed by atoms with Crippen LogP contribution < -0.4 is 4.74 Å². The second kappa shape index (κ2) is 7.40. The Balaban J connectivity index is 2.45. The third-order valence-corrected chi connectivity index (χ3v) is 2.81. The maximum Gasteiger partial charge on any atom is 0.288 e. The van der Waals surface area contributed by atoms with Crippen LogP contribution in [0.1, 0.15) is 19.3 Å². The van der Waals surface area contributed by atoms with Gasteiger partial charge in [0.25, 0.3) is 5.69 Å². The molecule has 0 radical (unpaired) electrons. The van der Waals surface area contributed by atoms with Crippen molar-refractivity contribution in [1.82, 2.24) is 0 Å². The monoisotopic (exact) mass is 275 g/mol. The maximum atomic E-state index is 10.5. The fourth-order valence-corrected chi connectivity index (χ4v) is 1.77. The van der Waals surface area contributed by atoms with Gasteiger partial charge in [0.05, 0.1) is 11.5 Å². The summed E-state index contributed by atoms with van der Waals surface area (Å²) < 4.78 is 5.44. The van der Waals surface area contributed by atoms with E-state index in [0.717, 1.165) is 25.0 Å². The molecule has 1 rings (SSSR count). The molecule has 0 fully saturated rings. The average molecular weight is 276 g/mol. The lowest BCUT2D eigenvalue weighted by molar-refractivity contribution is -0.384. The third-order valence-electron chi connectivity index (χ3n) is 2.19. The summed E-state index contributed by atoms with van der Waals surface area (Å²) in [6.45, 7) is 0.585. The predicted molar refractivity (Wildman–Crippen MR) is 71.3 cm³/mol. The summed E-state index contributed by atoms with van der Waals surface area (Å²) >= 11 is 9.87. The molecule has 4 nitrogen and oxygen atoms in total. The lowest BCUT2D eigenvalue weighted by Gasteiger charge is -2.06. The number of nitro groups is 1. The SMILES string of the molecule is O=[N+]([O-])c1ccc(OCCCCCS)cc1Cl. The lowest BCUT2D eigenvalue weighted by atomic mass is 10.2. The Hall–Kier alpha value is -0.940. The number of thiol groups is 1. The summed E-state index contributed by atoms with van der Waals surface area (Å²) in [6, 6.07) is 4.38. The van der Waals surface area contributed by atoms with Crippen molar-refractivity contribution in [3.8, 4) is 5.75 Å². The van der Waals surface area contributed by atoms with Gasteiger partial charge in [-0.2, -0.15) is 12.6 Å². The molecular weight excluding hydrogens is 262 g/mol. The van der Waals surface area contributed by atoms with E-state index in [1.807, 2.05) is 0 Å². The molecule has 0 aliphatic rings. The summed E-state index contributed by atoms with van der Waals surface area (Å²) in [5, 5.41) is 10.6. The summed E-state index contributed by atoms with van der Waals surface area (Å²) in [5.41, 5.74) is -0.103. The number of ether oxygens (including phenoxy) is 1. The number of unbranched alkanes of at least 4 members (excludes halogenated alkanes) is 2. The molecule has 0 aliphatic carbocycles. The van der Waals surface area contributed by atoms with E-state index in [2.05, 4.69) is 12.6 Å². The van der Waals surface area contributed by atoms with E-state index < -0.39 is 4.92 Å². The molecule has 6 heteroatoms. The van der Waals surface area contributed by atoms with Crippen LogP contribution in [0.15, 0.2) is 18.2 Å². The Kier molecular flexibility index (Phi) is 6.15. The van der Waals surface area contributed by atoms with Crippen LogP contribution in [0.3, 0.4) is 0 Å². The first-order valence-corrected chi connectivity index (χ1v) is 6.34. The number of benzene rings is 1. The molecule has 94 valence electrons. The molecule has 1 aromatic rings. The van der Waals surface area contributed by atoms with Gasteiger partial charge in [0.1, 0.15) is 10.8 Å². The molecule has 0 heterocycles. The molecule has 0 aromatic heterocycles. The van der Waals surface area contributed by atoms with Gasteiger partial charge in [-0.15, -0.1) is 0 Å². The Morgan fingerprint density at radius 3 is 2.71 bits per heavy atom. The Morgan fingerprint density at radius 1 is 1.35 bits per heavy atom. The minimum Gasteiger partial charge on any atom is -0.494 e. The molecule has 0 N–H and O–H groups in total. The van der Waals surface area contributed by atoms with Crippen LogP contribution in [0, 0.1) is 10.1 Å². The average Bonchev–Trinajstić information content (AvgIpc) is 2.28. The van der Waals surface area contributed by atoms with E-state index in [1.54, 1.807) is 6.07 Å². The molecular formula is C11H14ClNO3S. The van der Waals surface area contributed by atoms with Gasteiger partial charge in [-0.1, -0.05) is 11.6 Å². The Labute approximate surface area is 110 Å². The van der Waals surface area contributed by atoms with E-state index in [9.17, 15) is 10.1 Å². The smallest absolute Gasteiger partial charge is 0.288 e. The van der Waals surface area contributed by atoms with Gasteiger partial charge >= 0.3 is 0 Å². The van der Waals surface area contributed by atoms with Gasteiger partial charge in [0.2, 0.25) is 0 Å². The van der Waals surface area contributed by atoms with Crippen LogP contribution in [0.2, 0.25) is 5.02 Å². The molecule has 0 amide bonds. The van der Waals surface area contributed by atoms with Crippen LogP contribution >= 0.6 is 24.2 Å². The number of rotatable bonds is 7. The highest BCUT2D eigenvalue weighted by atomic mass is 35.5. The van der Waals surface area contributed by atoms with Crippen LogP contribution in [0.4, 0.5) is 5.69 Å². The minimum absolute atomic E-state index is 0.0999. The number of nitro benzene ring substituents is 1. The molecule has 0 saturated carbocycles. The first-order valence-electron chi connectivity index (χ1n) is 5.32. The van der Waals surface area contributed by atoms with Crippen LogP contribution in [0.5, 0.6) is 5.75 Å². The third kappa shape index (κ3) is 4.83. The van der Waals surface area contributed by atoms with E-state index in [1.165, 1.54) is 12.1 Å². The summed E-state index contributed by atoms with van der Waals surface area (Å²) in [7, 11) is 0. The normalized spacial score (nSPS) is 10.2. The molecule has 1 aromatic carbocycles. The molecule has 0 saturated heterocycles. The lowest BCUT2D eigenvalue weighted by Crippen LogP contribution is -1.98. The van der Waals surface area contributed by atoms with Crippen molar-refractivity contribution in [2.45, 2.75) is 19.3 Å². The van der Waals surface area contributed by atoms with Crippen molar-refractivity contribution in [3.05, 3.63) is 33.3 Å². The topological polar surface area (TPSA) is 52.4 Å². The van der Waals surface area contributed by atoms with E-state index in [4.69, 9.17) is 16.3 Å². The van der Waals surface area contributed by atoms with Gasteiger partial charge in [0.15, 0.2) is 0 Å². The molecule has 0 unspecified atom stereocenters. The zero-order valence-electron chi connectivity index (χ0n) is 9.26. The predicted octanol–water partition coefficient (Wildman–Crippen LogP) is 3.73. The van der Waals surface area contributed by atoms with Crippen LogP contribution in [-0.2, 0) is 0 Å². The number of hydrogen-bond acceptors (Lipinski definition) is 4. The molecule has 0 atom stereocenters. The van der Waals surface area contributed by atoms with Gasteiger partial charge in [-0.25, -0.2) is 0 Å². The van der Waals surface area contributed by atoms with Crippen molar-refractivity contribution in [1.29, 1.82) is 0 Å². The molecule has 17 heavy (non-hydrogen) atoms. The number of hydrogen-bond donors (Lipinski definition) is 1. The highest BCUT2D eigenvalue weighted by Crippen LogP contribution is 2.28. The largest absolute Gasteiger partial charge is 0.494 e. The summed E-state index contributed by atoms with van der Waals surface area (Å²) in [5.74, 6) is 1.44. The van der Waals surface area contributed by atoms with Crippen molar-refractivity contribution in [3.63, 3.8) is 0 Å². The molecule has 0 aliphatic heterocycles. The van der Waals surface area contributed by atoms with Gasteiger partial charge in [-0.3, -0.25) is 10.1 Å². The fourth-order valence-electron chi connectivity index (χ4n) is 1.31. The van der Waals surface area contributed by atoms with E-state index in [-0.39, 0.29) is 10.7 Å². The molecule has 0 bridgehead atoms. The second-order valence-corrected chi connectivity index (χ2v) is 4.36. The van der Waals surface area contributed by atoms with Gasteiger partial charge in [0, 0.05) is 12.1 Å². The van der Waals surface area contributed by atoms with Crippen molar-refractivity contribution in [2.75, 3.05) is 12.4 Å². The second-order valence-electron chi connectivity index (χ2n) is 3.50. The number of halogens is 1. The Morgan fingerprint density at radius 2 is 2.12 bits per heavy atom. The van der Waals surface area contributed by atoms with Gasteiger partial charge < -0.3 is 4.74 Å². The molecule has 0 spiro atoms. The highest BCUT2D eigenvalue weighted by Gasteiger charge is 2.12. The zero-order chi connectivity index (χ0) is 12.7. The standard InChI is InChI=1S/C11H14ClNO3S/c12-10-8-9(4-5-11(10)13(14)15)16-6-2-1-3-7-17/h4-5,8,17H,1-3,6-7H2. The minimum atomic E-state index is -0.515.